The number of anilines is 2. The number of nitrogens with zero attached hydrogens (tertiary/aromatic N) is 1. The van der Waals surface area contributed by atoms with Gasteiger partial charge in [0.2, 0.25) is 0 Å². The molecule has 6 heteroatoms. The van der Waals surface area contributed by atoms with Crippen molar-refractivity contribution in [3.8, 4) is 11.8 Å². The van der Waals surface area contributed by atoms with Gasteiger partial charge in [0.25, 0.3) is 0 Å². The van der Waals surface area contributed by atoms with Gasteiger partial charge in [0.1, 0.15) is 5.75 Å². The molecule has 170 valence electrons. The van der Waals surface area contributed by atoms with E-state index in [4.69, 9.17) is 9.47 Å². The van der Waals surface area contributed by atoms with Gasteiger partial charge in [0, 0.05) is 29.5 Å². The van der Waals surface area contributed by atoms with E-state index < -0.39 is 6.09 Å². The molecule has 2 N–H and O–H groups in total. The van der Waals surface area contributed by atoms with Gasteiger partial charge in [-0.2, -0.15) is 5.26 Å². The Kier molecular flexibility index (Phi) is 10.1. The third kappa shape index (κ3) is 7.99. The number of hydrogen-bond donors (Lipinski definition) is 2. The number of methoxy groups -OCH3 is 1. The Morgan fingerprint density at radius 1 is 1.16 bits per heavy atom. The summed E-state index contributed by atoms with van der Waals surface area (Å²) in [4.78, 5) is 11.9. The topological polar surface area (TPSA) is 83.4 Å². The van der Waals surface area contributed by atoms with E-state index in [1.54, 1.807) is 33.1 Å². The number of unbranched alkanes of at least 4 members (excludes halogenated alkanes) is 3. The zero-order valence-electron chi connectivity index (χ0n) is 19.4. The number of ether oxygens (including phenoxy) is 2. The third-order valence-electron chi connectivity index (χ3n) is 4.77. The van der Waals surface area contributed by atoms with Crippen LogP contribution in [-0.2, 0) is 4.74 Å². The van der Waals surface area contributed by atoms with Crippen LogP contribution in [0.2, 0.25) is 0 Å². The van der Waals surface area contributed by atoms with E-state index in [1.165, 1.54) is 19.3 Å². The van der Waals surface area contributed by atoms with Crippen molar-refractivity contribution in [2.45, 2.75) is 52.6 Å². The van der Waals surface area contributed by atoms with E-state index in [2.05, 4.69) is 23.6 Å². The first-order chi connectivity index (χ1) is 15.5. The molecule has 0 radical (unpaired) electrons. The van der Waals surface area contributed by atoms with Crippen LogP contribution >= 0.6 is 0 Å². The maximum absolute atomic E-state index is 11.9. The van der Waals surface area contributed by atoms with Gasteiger partial charge < -0.3 is 14.8 Å². The number of amides is 1. The fourth-order valence-electron chi connectivity index (χ4n) is 3.21. The lowest BCUT2D eigenvalue weighted by Gasteiger charge is -2.14. The number of hydrogen-bond acceptors (Lipinski definition) is 5. The second-order valence-electron chi connectivity index (χ2n) is 7.77. The molecule has 6 nitrogen and oxygen atoms in total. The van der Waals surface area contributed by atoms with Crippen LogP contribution in [0.15, 0.2) is 42.5 Å². The summed E-state index contributed by atoms with van der Waals surface area (Å²) in [6.45, 7) is 6.61. The maximum Gasteiger partial charge on any atom is 0.411 e. The van der Waals surface area contributed by atoms with Crippen molar-refractivity contribution in [2.24, 2.45) is 0 Å². The molecular formula is C26H33N3O3. The molecule has 0 aliphatic rings. The summed E-state index contributed by atoms with van der Waals surface area (Å²) in [6, 6.07) is 15.3. The minimum absolute atomic E-state index is 0.203. The normalized spacial score (nSPS) is 11.1. The second-order valence-corrected chi connectivity index (χ2v) is 7.77. The Labute approximate surface area is 191 Å². The highest BCUT2D eigenvalue weighted by Gasteiger charge is 2.11. The molecule has 0 fully saturated rings. The zero-order valence-corrected chi connectivity index (χ0v) is 19.4. The molecule has 0 aliphatic carbocycles. The number of nitrogens with one attached hydrogen (secondary N) is 2. The smallest absolute Gasteiger partial charge is 0.411 e. The highest BCUT2D eigenvalue weighted by molar-refractivity contribution is 5.95. The van der Waals surface area contributed by atoms with Gasteiger partial charge in [0.15, 0.2) is 0 Å². The lowest BCUT2D eigenvalue weighted by molar-refractivity contribution is 0.130. The Morgan fingerprint density at radius 2 is 1.97 bits per heavy atom. The summed E-state index contributed by atoms with van der Waals surface area (Å²) in [5.41, 5.74) is 3.59. The molecule has 2 aromatic rings. The molecule has 0 bridgehead atoms. The fourth-order valence-corrected chi connectivity index (χ4v) is 3.21. The largest absolute Gasteiger partial charge is 0.497 e. The summed E-state index contributed by atoms with van der Waals surface area (Å²) in [7, 11) is 1.63. The third-order valence-corrected chi connectivity index (χ3v) is 4.77. The molecular weight excluding hydrogens is 402 g/mol. The van der Waals surface area contributed by atoms with Crippen LogP contribution in [0.1, 0.15) is 57.6 Å². The van der Waals surface area contributed by atoms with Crippen molar-refractivity contribution in [3.05, 3.63) is 53.6 Å². The first-order valence-corrected chi connectivity index (χ1v) is 11.1. The summed E-state index contributed by atoms with van der Waals surface area (Å²) in [6.07, 6.45) is 5.74. The molecule has 32 heavy (non-hydrogen) atoms. The van der Waals surface area contributed by atoms with Crippen LogP contribution in [0.4, 0.5) is 16.2 Å². The fraction of sp³-hybridized carbons (Fsp3) is 0.385. The van der Waals surface area contributed by atoms with Gasteiger partial charge in [-0.3, -0.25) is 5.32 Å². The number of benzene rings is 2. The molecule has 1 amide bonds. The van der Waals surface area contributed by atoms with Crippen molar-refractivity contribution in [1.29, 1.82) is 5.26 Å². The number of carbonyl (C=O) groups excluding carboxylic acids is 1. The van der Waals surface area contributed by atoms with Crippen molar-refractivity contribution < 1.29 is 14.3 Å². The van der Waals surface area contributed by atoms with Crippen LogP contribution in [0.25, 0.3) is 11.6 Å². The molecule has 2 aromatic carbocycles. The van der Waals surface area contributed by atoms with Crippen molar-refractivity contribution in [1.82, 2.24) is 0 Å². The predicted molar refractivity (Wildman–Crippen MR) is 131 cm³/mol. The summed E-state index contributed by atoms with van der Waals surface area (Å²) >= 11 is 0. The molecule has 0 unspecified atom stereocenters. The molecule has 0 heterocycles. The Hall–Kier alpha value is -3.46. The average molecular weight is 436 g/mol. The van der Waals surface area contributed by atoms with E-state index in [1.807, 2.05) is 36.4 Å². The standard InChI is InChI=1S/C26H33N3O3/c1-5-6-7-8-14-28-25-17-23(31-4)12-13-24(25)21(18-27)15-20-10-9-11-22(16-20)29-26(30)32-19(2)3/h9-13,15-17,19,28H,5-8,14H2,1-4H3,(H,29,30)/b21-15+. The first-order valence-electron chi connectivity index (χ1n) is 11.1. The Balaban J connectivity index is 2.26. The second kappa shape index (κ2) is 13.1. The molecule has 0 atom stereocenters. The van der Waals surface area contributed by atoms with Crippen molar-refractivity contribution in [3.63, 3.8) is 0 Å². The lowest BCUT2D eigenvalue weighted by Crippen LogP contribution is -2.17. The van der Waals surface area contributed by atoms with Gasteiger partial charge in [-0.25, -0.2) is 4.79 Å². The minimum Gasteiger partial charge on any atom is -0.497 e. The van der Waals surface area contributed by atoms with Crippen LogP contribution in [0, 0.1) is 11.3 Å². The van der Waals surface area contributed by atoms with E-state index in [-0.39, 0.29) is 6.10 Å². The van der Waals surface area contributed by atoms with Gasteiger partial charge in [-0.1, -0.05) is 38.3 Å². The average Bonchev–Trinajstić information content (AvgIpc) is 2.77. The number of allylic oxidation sites excluding steroid dienone is 1. The van der Waals surface area contributed by atoms with Crippen molar-refractivity contribution >= 4 is 29.1 Å². The van der Waals surface area contributed by atoms with Gasteiger partial charge in [-0.15, -0.1) is 0 Å². The van der Waals surface area contributed by atoms with E-state index in [0.29, 0.717) is 11.3 Å². The van der Waals surface area contributed by atoms with E-state index >= 15 is 0 Å². The Bertz CT molecular complexity index is 961. The van der Waals surface area contributed by atoms with Crippen LogP contribution < -0.4 is 15.4 Å². The molecule has 0 saturated heterocycles. The van der Waals surface area contributed by atoms with Crippen LogP contribution in [0.3, 0.4) is 0 Å². The van der Waals surface area contributed by atoms with Gasteiger partial charge >= 0.3 is 6.09 Å². The molecule has 0 aromatic heterocycles. The summed E-state index contributed by atoms with van der Waals surface area (Å²) in [5.74, 6) is 0.733. The monoisotopic (exact) mass is 435 g/mol. The number of nitriles is 1. The highest BCUT2D eigenvalue weighted by Crippen LogP contribution is 2.30. The first kappa shape index (κ1) is 24.8. The summed E-state index contributed by atoms with van der Waals surface area (Å²) < 4.78 is 10.5. The Morgan fingerprint density at radius 3 is 2.66 bits per heavy atom. The minimum atomic E-state index is -0.508. The maximum atomic E-state index is 11.9. The molecule has 0 aliphatic heterocycles. The number of rotatable bonds is 11. The van der Waals surface area contributed by atoms with E-state index in [9.17, 15) is 10.1 Å². The predicted octanol–water partition coefficient (Wildman–Crippen LogP) is 6.71. The van der Waals surface area contributed by atoms with Crippen LogP contribution in [0.5, 0.6) is 5.75 Å². The zero-order chi connectivity index (χ0) is 23.3. The molecule has 0 saturated carbocycles. The van der Waals surface area contributed by atoms with E-state index in [0.717, 1.165) is 35.5 Å². The lowest BCUT2D eigenvalue weighted by atomic mass is 10.0. The highest BCUT2D eigenvalue weighted by atomic mass is 16.6. The molecule has 0 spiro atoms. The van der Waals surface area contributed by atoms with Gasteiger partial charge in [0.05, 0.1) is 24.9 Å². The summed E-state index contributed by atoms with van der Waals surface area (Å²) in [5, 5.41) is 16.1. The quantitative estimate of drug-likeness (QED) is 0.233. The SMILES string of the molecule is CCCCCCNc1cc(OC)ccc1/C(C#N)=C/c1cccc(NC(=O)OC(C)C)c1. The van der Waals surface area contributed by atoms with Crippen molar-refractivity contribution in [2.75, 3.05) is 24.3 Å². The molecule has 2 rings (SSSR count). The van der Waals surface area contributed by atoms with Gasteiger partial charge in [-0.05, 0) is 56.2 Å². The van der Waals surface area contributed by atoms with Crippen LogP contribution in [-0.4, -0.2) is 25.9 Å². The number of carbonyl (C=O) groups is 1.